The highest BCUT2D eigenvalue weighted by Crippen LogP contribution is 2.27. The highest BCUT2D eigenvalue weighted by molar-refractivity contribution is 5.92. The molecular formula is C19H26N4O2. The molecule has 0 bridgehead atoms. The number of nitrogens with two attached hydrogens (primary N) is 1. The molecule has 0 amide bonds. The van der Waals surface area contributed by atoms with Crippen LogP contribution in [0.25, 0.3) is 0 Å². The smallest absolute Gasteiger partial charge is 0.193 e. The Kier molecular flexibility index (Phi) is 5.60. The van der Waals surface area contributed by atoms with Crippen molar-refractivity contribution in [2.75, 3.05) is 32.1 Å². The van der Waals surface area contributed by atoms with E-state index >= 15 is 0 Å². The van der Waals surface area contributed by atoms with Gasteiger partial charge in [-0.2, -0.15) is 0 Å². The van der Waals surface area contributed by atoms with E-state index in [2.05, 4.69) is 15.2 Å². The number of anilines is 1. The van der Waals surface area contributed by atoms with E-state index in [-0.39, 0.29) is 6.04 Å². The Morgan fingerprint density at radius 3 is 2.80 bits per heavy atom. The molecular weight excluding hydrogens is 316 g/mol. The molecule has 2 aromatic rings. The number of guanidine groups is 1. The molecule has 1 fully saturated rings. The highest BCUT2D eigenvalue weighted by Gasteiger charge is 2.25. The van der Waals surface area contributed by atoms with Crippen LogP contribution in [-0.4, -0.2) is 37.6 Å². The van der Waals surface area contributed by atoms with Gasteiger partial charge in [0.05, 0.1) is 19.7 Å². The Labute approximate surface area is 148 Å². The first-order valence-electron chi connectivity index (χ1n) is 8.67. The molecule has 3 N–H and O–H groups in total. The van der Waals surface area contributed by atoms with Crippen molar-refractivity contribution in [1.82, 2.24) is 4.90 Å². The van der Waals surface area contributed by atoms with Gasteiger partial charge in [0.1, 0.15) is 17.3 Å². The Bertz CT molecular complexity index is 720. The fourth-order valence-corrected chi connectivity index (χ4v) is 3.14. The first kappa shape index (κ1) is 17.4. The number of ether oxygens (including phenoxy) is 1. The molecule has 1 unspecified atom stereocenters. The van der Waals surface area contributed by atoms with Gasteiger partial charge in [0.15, 0.2) is 5.96 Å². The first-order valence-corrected chi connectivity index (χ1v) is 8.67. The summed E-state index contributed by atoms with van der Waals surface area (Å²) in [4.78, 5) is 6.96. The van der Waals surface area contributed by atoms with Crippen LogP contribution in [0.2, 0.25) is 0 Å². The van der Waals surface area contributed by atoms with Crippen LogP contribution in [0.5, 0.6) is 5.75 Å². The highest BCUT2D eigenvalue weighted by atomic mass is 16.5. The zero-order chi connectivity index (χ0) is 17.6. The third-order valence-corrected chi connectivity index (χ3v) is 4.45. The zero-order valence-corrected chi connectivity index (χ0v) is 14.9. The minimum atomic E-state index is 0.127. The fourth-order valence-electron chi connectivity index (χ4n) is 3.14. The molecule has 1 saturated heterocycles. The summed E-state index contributed by atoms with van der Waals surface area (Å²) in [6.45, 7) is 4.68. The minimum absolute atomic E-state index is 0.127. The Balaban J connectivity index is 1.69. The summed E-state index contributed by atoms with van der Waals surface area (Å²) in [6.07, 6.45) is 2.44. The number of rotatable bonds is 6. The number of nitrogens with zero attached hydrogens (tertiary/aromatic N) is 2. The molecule has 1 atom stereocenters. The second-order valence-electron chi connectivity index (χ2n) is 6.29. The lowest BCUT2D eigenvalue weighted by Gasteiger charge is -2.24. The maximum atomic E-state index is 6.08. The third-order valence-electron chi connectivity index (χ3n) is 4.45. The SMILES string of the molecule is COc1cccc(NC(N)=NCC(c2ccc(C)o2)N2CCCC2)c1. The Morgan fingerprint density at radius 1 is 1.32 bits per heavy atom. The summed E-state index contributed by atoms with van der Waals surface area (Å²) >= 11 is 0. The monoisotopic (exact) mass is 342 g/mol. The van der Waals surface area contributed by atoms with Crippen molar-refractivity contribution >= 4 is 11.6 Å². The van der Waals surface area contributed by atoms with Crippen LogP contribution in [0.15, 0.2) is 45.8 Å². The maximum Gasteiger partial charge on any atom is 0.193 e. The summed E-state index contributed by atoms with van der Waals surface area (Å²) < 4.78 is 11.1. The van der Waals surface area contributed by atoms with Gasteiger partial charge in [0.2, 0.25) is 0 Å². The van der Waals surface area contributed by atoms with Crippen LogP contribution in [-0.2, 0) is 0 Å². The van der Waals surface area contributed by atoms with Gasteiger partial charge < -0.3 is 20.2 Å². The van der Waals surface area contributed by atoms with Gasteiger partial charge in [-0.3, -0.25) is 9.89 Å². The summed E-state index contributed by atoms with van der Waals surface area (Å²) in [5.41, 5.74) is 6.93. The van der Waals surface area contributed by atoms with Crippen LogP contribution in [0.1, 0.15) is 30.4 Å². The van der Waals surface area contributed by atoms with Gasteiger partial charge in [-0.1, -0.05) is 6.07 Å². The number of benzene rings is 1. The number of hydrogen-bond donors (Lipinski definition) is 2. The van der Waals surface area contributed by atoms with Crippen molar-refractivity contribution in [3.63, 3.8) is 0 Å². The lowest BCUT2D eigenvalue weighted by molar-refractivity contribution is 0.219. The molecule has 0 spiro atoms. The lowest BCUT2D eigenvalue weighted by Crippen LogP contribution is -2.30. The normalized spacial score (nSPS) is 16.8. The number of nitrogens with one attached hydrogen (secondary N) is 1. The number of methoxy groups -OCH3 is 1. The van der Waals surface area contributed by atoms with Crippen molar-refractivity contribution < 1.29 is 9.15 Å². The number of likely N-dealkylation sites (tertiary alicyclic amines) is 1. The second kappa shape index (κ2) is 8.07. The average Bonchev–Trinajstić information content (AvgIpc) is 3.28. The fraction of sp³-hybridized carbons (Fsp3) is 0.421. The number of hydrogen-bond acceptors (Lipinski definition) is 4. The Morgan fingerprint density at radius 2 is 2.12 bits per heavy atom. The minimum Gasteiger partial charge on any atom is -0.497 e. The Hall–Kier alpha value is -2.47. The molecule has 6 nitrogen and oxygen atoms in total. The van der Waals surface area contributed by atoms with Crippen molar-refractivity contribution in [1.29, 1.82) is 0 Å². The quantitative estimate of drug-likeness (QED) is 0.623. The van der Waals surface area contributed by atoms with Gasteiger partial charge in [-0.25, -0.2) is 0 Å². The van der Waals surface area contributed by atoms with Crippen molar-refractivity contribution in [2.45, 2.75) is 25.8 Å². The zero-order valence-electron chi connectivity index (χ0n) is 14.9. The topological polar surface area (TPSA) is 76.0 Å². The average molecular weight is 342 g/mol. The van der Waals surface area contributed by atoms with Gasteiger partial charge in [-0.15, -0.1) is 0 Å². The predicted molar refractivity (Wildman–Crippen MR) is 100 cm³/mol. The predicted octanol–water partition coefficient (Wildman–Crippen LogP) is 3.16. The summed E-state index contributed by atoms with van der Waals surface area (Å²) in [5.74, 6) is 3.04. The molecule has 1 aromatic carbocycles. The van der Waals surface area contributed by atoms with Crippen molar-refractivity contribution in [3.8, 4) is 5.75 Å². The second-order valence-corrected chi connectivity index (χ2v) is 6.29. The van der Waals surface area contributed by atoms with E-state index < -0.39 is 0 Å². The molecule has 134 valence electrons. The van der Waals surface area contributed by atoms with Crippen molar-refractivity contribution in [3.05, 3.63) is 47.9 Å². The molecule has 2 heterocycles. The molecule has 0 radical (unpaired) electrons. The van der Waals surface area contributed by atoms with Crippen LogP contribution in [0.4, 0.5) is 5.69 Å². The van der Waals surface area contributed by atoms with E-state index in [0.29, 0.717) is 12.5 Å². The first-order chi connectivity index (χ1) is 12.2. The lowest BCUT2D eigenvalue weighted by atomic mass is 10.2. The maximum absolute atomic E-state index is 6.08. The molecule has 1 aliphatic heterocycles. The van der Waals surface area contributed by atoms with E-state index in [9.17, 15) is 0 Å². The number of aryl methyl sites for hydroxylation is 1. The molecule has 6 heteroatoms. The van der Waals surface area contributed by atoms with E-state index in [1.165, 1.54) is 12.8 Å². The standard InChI is InChI=1S/C19H26N4O2/c1-14-8-9-18(25-14)17(23-10-3-4-11-23)13-21-19(20)22-15-6-5-7-16(12-15)24-2/h5-9,12,17H,3-4,10-11,13H2,1-2H3,(H3,20,21,22). The van der Waals surface area contributed by atoms with Crippen molar-refractivity contribution in [2.24, 2.45) is 10.7 Å². The largest absolute Gasteiger partial charge is 0.497 e. The van der Waals surface area contributed by atoms with Crippen LogP contribution in [0, 0.1) is 6.92 Å². The number of aliphatic imine (C=N–C) groups is 1. The summed E-state index contributed by atoms with van der Waals surface area (Å²) in [6, 6.07) is 11.8. The molecule has 3 rings (SSSR count). The van der Waals surface area contributed by atoms with E-state index in [1.807, 2.05) is 43.3 Å². The van der Waals surface area contributed by atoms with Crippen LogP contribution >= 0.6 is 0 Å². The summed E-state index contributed by atoms with van der Waals surface area (Å²) in [7, 11) is 1.64. The third kappa shape index (κ3) is 4.54. The molecule has 0 saturated carbocycles. The van der Waals surface area contributed by atoms with Gasteiger partial charge in [0.25, 0.3) is 0 Å². The number of furan rings is 1. The van der Waals surface area contributed by atoms with E-state index in [4.69, 9.17) is 14.9 Å². The van der Waals surface area contributed by atoms with E-state index in [1.54, 1.807) is 7.11 Å². The summed E-state index contributed by atoms with van der Waals surface area (Å²) in [5, 5.41) is 3.12. The molecule has 0 aliphatic carbocycles. The molecule has 1 aromatic heterocycles. The van der Waals surface area contributed by atoms with Crippen LogP contribution < -0.4 is 15.8 Å². The van der Waals surface area contributed by atoms with Gasteiger partial charge in [-0.05, 0) is 57.1 Å². The van der Waals surface area contributed by atoms with Gasteiger partial charge >= 0.3 is 0 Å². The van der Waals surface area contributed by atoms with Crippen LogP contribution in [0.3, 0.4) is 0 Å². The van der Waals surface area contributed by atoms with Gasteiger partial charge in [0, 0.05) is 11.8 Å². The molecule has 25 heavy (non-hydrogen) atoms. The van der Waals surface area contributed by atoms with E-state index in [0.717, 1.165) is 36.0 Å². The molecule has 1 aliphatic rings.